The fourth-order valence-electron chi connectivity index (χ4n) is 6.77. The largest absolute Gasteiger partial charge is 0.412 e. The van der Waals surface area contributed by atoms with E-state index in [-0.39, 0.29) is 18.8 Å². The van der Waals surface area contributed by atoms with Crippen molar-refractivity contribution in [2.45, 2.75) is 83.6 Å². The van der Waals surface area contributed by atoms with E-state index in [2.05, 4.69) is 77.9 Å². The third-order valence-corrected chi connectivity index (χ3v) is 15.1. The molecule has 0 aliphatic rings. The highest BCUT2D eigenvalue weighted by Gasteiger charge is 2.44. The number of nitrogens with zero attached hydrogens (tertiary/aromatic N) is 2. The van der Waals surface area contributed by atoms with Gasteiger partial charge in [-0.05, 0) is 74.3 Å². The molecule has 0 aliphatic heterocycles. The van der Waals surface area contributed by atoms with Crippen molar-refractivity contribution in [3.8, 4) is 12.1 Å². The van der Waals surface area contributed by atoms with Gasteiger partial charge in [-0.1, -0.05) is 114 Å². The molecule has 6 nitrogen and oxygen atoms in total. The Morgan fingerprint density at radius 3 is 1.31 bits per heavy atom. The molecule has 4 rings (SSSR count). The van der Waals surface area contributed by atoms with Crippen LogP contribution in [0.5, 0.6) is 0 Å². The molecule has 0 saturated heterocycles. The molecule has 0 radical (unpaired) electrons. The highest BCUT2D eigenvalue weighted by molar-refractivity contribution is 6.77. The molecule has 48 heavy (non-hydrogen) atoms. The third-order valence-electron chi connectivity index (χ3n) is 9.05. The molecular formula is C41H50N2O4Si. The number of aliphatic hydroxyl groups excluding tert-OH is 1. The van der Waals surface area contributed by atoms with Gasteiger partial charge in [0.15, 0.2) is 0 Å². The zero-order valence-corrected chi connectivity index (χ0v) is 30.6. The second-order valence-electron chi connectivity index (χ2n) is 13.0. The molecule has 0 saturated carbocycles. The maximum atomic E-state index is 9.16. The summed E-state index contributed by atoms with van der Waals surface area (Å²) in [6.07, 6.45) is -0.394. The molecule has 0 heterocycles. The second-order valence-corrected chi connectivity index (χ2v) is 18.4. The van der Waals surface area contributed by atoms with Gasteiger partial charge in [-0.2, -0.15) is 10.5 Å². The molecule has 1 N–H and O–H groups in total. The van der Waals surface area contributed by atoms with Crippen LogP contribution in [0.15, 0.2) is 97.1 Å². The molecule has 2 atom stereocenters. The minimum atomic E-state index is -1.87. The summed E-state index contributed by atoms with van der Waals surface area (Å²) in [6.45, 7) is 14.6. The van der Waals surface area contributed by atoms with E-state index in [9.17, 15) is 0 Å². The van der Waals surface area contributed by atoms with E-state index in [1.807, 2.05) is 66.7 Å². The number of rotatable bonds is 13. The molecule has 7 heteroatoms. The fraction of sp³-hybridized carbons (Fsp3) is 0.366. The molecule has 252 valence electrons. The predicted molar refractivity (Wildman–Crippen MR) is 195 cm³/mol. The van der Waals surface area contributed by atoms with Crippen molar-refractivity contribution in [2.24, 2.45) is 0 Å². The fourth-order valence-corrected chi connectivity index (χ4v) is 12.2. The molecule has 0 bridgehead atoms. The first kappa shape index (κ1) is 38.4. The molecule has 0 spiro atoms. The summed E-state index contributed by atoms with van der Waals surface area (Å²) in [5, 5.41) is 27.1. The Balaban J connectivity index is 0.000000284. The maximum absolute atomic E-state index is 9.16. The summed E-state index contributed by atoms with van der Waals surface area (Å²) in [5.41, 5.74) is 9.04. The van der Waals surface area contributed by atoms with Crippen LogP contribution < -0.4 is 0 Å². The van der Waals surface area contributed by atoms with Crippen molar-refractivity contribution in [2.75, 3.05) is 14.2 Å². The lowest BCUT2D eigenvalue weighted by Crippen LogP contribution is -2.47. The first-order chi connectivity index (χ1) is 23.0. The lowest BCUT2D eigenvalue weighted by Gasteiger charge is -2.42. The molecule has 0 aromatic heterocycles. The van der Waals surface area contributed by atoms with E-state index in [4.69, 9.17) is 29.5 Å². The van der Waals surface area contributed by atoms with Crippen molar-refractivity contribution >= 4 is 8.32 Å². The van der Waals surface area contributed by atoms with Gasteiger partial charge in [0.1, 0.15) is 12.2 Å². The van der Waals surface area contributed by atoms with Gasteiger partial charge >= 0.3 is 0 Å². The first-order valence-electron chi connectivity index (χ1n) is 16.5. The van der Waals surface area contributed by atoms with Crippen molar-refractivity contribution in [1.29, 1.82) is 10.5 Å². The average Bonchev–Trinajstić information content (AvgIpc) is 3.10. The zero-order valence-electron chi connectivity index (χ0n) is 29.6. The van der Waals surface area contributed by atoms with Gasteiger partial charge in [0.2, 0.25) is 8.32 Å². The van der Waals surface area contributed by atoms with E-state index in [0.717, 1.165) is 27.8 Å². The Bertz CT molecular complexity index is 1630. The van der Waals surface area contributed by atoms with Crippen molar-refractivity contribution < 1.29 is 19.0 Å². The van der Waals surface area contributed by atoms with Gasteiger partial charge < -0.3 is 19.0 Å². The van der Waals surface area contributed by atoms with Gasteiger partial charge in [0, 0.05) is 14.2 Å². The quantitative estimate of drug-likeness (QED) is 0.143. The number of benzene rings is 4. The van der Waals surface area contributed by atoms with E-state index in [0.29, 0.717) is 34.4 Å². The summed E-state index contributed by atoms with van der Waals surface area (Å²) < 4.78 is 18.0. The average molecular weight is 663 g/mol. The molecule has 0 fully saturated rings. The summed E-state index contributed by atoms with van der Waals surface area (Å²) >= 11 is 0. The number of hydrogen-bond donors (Lipinski definition) is 1. The Kier molecular flexibility index (Phi) is 14.8. The number of methoxy groups -OCH3 is 2. The van der Waals surface area contributed by atoms with Crippen molar-refractivity contribution in [3.63, 3.8) is 0 Å². The van der Waals surface area contributed by atoms with Crippen molar-refractivity contribution in [3.05, 3.63) is 142 Å². The van der Waals surface area contributed by atoms with Gasteiger partial charge in [0.25, 0.3) is 0 Å². The monoisotopic (exact) mass is 662 g/mol. The minimum absolute atomic E-state index is 0.0296. The smallest absolute Gasteiger partial charge is 0.200 e. The van der Waals surface area contributed by atoms with Crippen LogP contribution in [0, 0.1) is 22.7 Å². The number of hydrogen-bond acceptors (Lipinski definition) is 6. The highest BCUT2D eigenvalue weighted by atomic mass is 28.4. The Hall–Kier alpha value is -4.08. The normalized spacial score (nSPS) is 12.6. The Morgan fingerprint density at radius 1 is 0.583 bits per heavy atom. The first-order valence-corrected chi connectivity index (χ1v) is 18.7. The maximum Gasteiger partial charge on any atom is 0.200 e. The molecule has 0 amide bonds. The van der Waals surface area contributed by atoms with Crippen molar-refractivity contribution in [1.82, 2.24) is 0 Å². The molecule has 4 aromatic rings. The van der Waals surface area contributed by atoms with Gasteiger partial charge in [-0.3, -0.25) is 0 Å². The summed E-state index contributed by atoms with van der Waals surface area (Å²) in [7, 11) is 1.47. The molecule has 0 aliphatic carbocycles. The third kappa shape index (κ3) is 9.51. The highest BCUT2D eigenvalue weighted by Crippen LogP contribution is 2.42. The van der Waals surface area contributed by atoms with E-state index >= 15 is 0 Å². The van der Waals surface area contributed by atoms with Crippen LogP contribution in [0.25, 0.3) is 0 Å². The molecule has 4 aromatic carbocycles. The topological polar surface area (TPSA) is 95.5 Å². The van der Waals surface area contributed by atoms with Crippen LogP contribution in [-0.2, 0) is 27.1 Å². The lowest BCUT2D eigenvalue weighted by atomic mass is 9.99. The number of nitriles is 2. The van der Waals surface area contributed by atoms with E-state index in [1.165, 1.54) is 5.56 Å². The van der Waals surface area contributed by atoms with Crippen LogP contribution in [0.4, 0.5) is 0 Å². The van der Waals surface area contributed by atoms with Crippen LogP contribution in [-0.4, -0.2) is 27.6 Å². The number of aliphatic hydroxyl groups is 1. The minimum Gasteiger partial charge on any atom is -0.412 e. The standard InChI is InChI=1S/C25H35NO2Si.C16H15NO2/c1-18(2)29(19(3)4,20(5)6)28-17-21-11-13-23(14-12-21)25(27-7)24-10-8-9-22(15-24)16-26;1-19-16(14-7-5-12(11-18)6-8-14)15-4-2-3-13(9-15)10-17/h8-15,18-20,25H,17H2,1-7H3;2-9,16,18H,11H2,1H3. The molecule has 2 unspecified atom stereocenters. The Labute approximate surface area is 288 Å². The second kappa shape index (κ2) is 18.5. The van der Waals surface area contributed by atoms with Crippen LogP contribution in [0.1, 0.15) is 98.3 Å². The van der Waals surface area contributed by atoms with Gasteiger partial charge in [-0.15, -0.1) is 0 Å². The lowest BCUT2D eigenvalue weighted by molar-refractivity contribution is 0.136. The summed E-state index contributed by atoms with van der Waals surface area (Å²) in [4.78, 5) is 0. The number of ether oxygens (including phenoxy) is 2. The van der Waals surface area contributed by atoms with Crippen LogP contribution >= 0.6 is 0 Å². The van der Waals surface area contributed by atoms with Gasteiger partial charge in [0.05, 0.1) is 36.5 Å². The zero-order chi connectivity index (χ0) is 35.3. The summed E-state index contributed by atoms with van der Waals surface area (Å²) in [6, 6.07) is 35.4. The summed E-state index contributed by atoms with van der Waals surface area (Å²) in [5.74, 6) is 0. The molecular weight excluding hydrogens is 613 g/mol. The Morgan fingerprint density at radius 2 is 0.979 bits per heavy atom. The van der Waals surface area contributed by atoms with Crippen LogP contribution in [0.2, 0.25) is 16.6 Å². The van der Waals surface area contributed by atoms with E-state index < -0.39 is 8.32 Å². The predicted octanol–water partition coefficient (Wildman–Crippen LogP) is 9.77. The van der Waals surface area contributed by atoms with Gasteiger partial charge in [-0.25, -0.2) is 0 Å². The SMILES string of the molecule is COC(c1ccc(CO)cc1)c1cccc(C#N)c1.COC(c1ccc(CO[Si](C(C)C)(C(C)C)C(C)C)cc1)c1cccc(C#N)c1. The van der Waals surface area contributed by atoms with E-state index in [1.54, 1.807) is 20.3 Å². The van der Waals surface area contributed by atoms with Crippen LogP contribution in [0.3, 0.4) is 0 Å².